The van der Waals surface area contributed by atoms with Crippen LogP contribution in [-0.2, 0) is 4.43 Å². The average Bonchev–Trinajstić information content (AvgIpc) is 2.65. The number of aliphatic hydroxyl groups is 1. The van der Waals surface area contributed by atoms with Crippen LogP contribution in [0.25, 0.3) is 0 Å². The lowest BCUT2D eigenvalue weighted by Gasteiger charge is -2.44. The Balaban J connectivity index is 2.54. The Morgan fingerprint density at radius 2 is 1.46 bits per heavy atom. The van der Waals surface area contributed by atoms with Gasteiger partial charge in [-0.2, -0.15) is 0 Å². The normalized spacial score (nSPS) is 13.4. The van der Waals surface area contributed by atoms with Gasteiger partial charge in [-0.25, -0.2) is 0 Å². The van der Waals surface area contributed by atoms with Crippen LogP contribution >= 0.6 is 0 Å². The molecule has 0 unspecified atom stereocenters. The summed E-state index contributed by atoms with van der Waals surface area (Å²) in [6.45, 7) is 11.1. The first-order valence-electron chi connectivity index (χ1n) is 9.48. The van der Waals surface area contributed by atoms with E-state index in [2.05, 4.69) is 88.0 Å². The standard InChI is InChI=1S/C23H32O2Si/c1-5-20(14-12-13-19-24)25-26(23(2,3)4,21-15-8-6-9-16-21)22-17-10-7-11-18-22/h5-11,15-18,20,24H,1,12-14,19H2,2-4H3/t20-/m0/s1. The summed E-state index contributed by atoms with van der Waals surface area (Å²) in [5.74, 6) is 0. The van der Waals surface area contributed by atoms with Crippen molar-refractivity contribution in [3.63, 3.8) is 0 Å². The van der Waals surface area contributed by atoms with E-state index in [0.29, 0.717) is 0 Å². The first kappa shape index (κ1) is 20.6. The van der Waals surface area contributed by atoms with Gasteiger partial charge in [-0.3, -0.25) is 0 Å². The van der Waals surface area contributed by atoms with Gasteiger partial charge >= 0.3 is 0 Å². The highest BCUT2D eigenvalue weighted by Crippen LogP contribution is 2.38. The Bertz CT molecular complexity index is 622. The third kappa shape index (κ3) is 4.53. The molecule has 0 amide bonds. The summed E-state index contributed by atoms with van der Waals surface area (Å²) in [7, 11) is -2.53. The van der Waals surface area contributed by atoms with Crippen molar-refractivity contribution in [1.82, 2.24) is 0 Å². The molecule has 0 aliphatic carbocycles. The number of benzene rings is 2. The molecule has 2 aromatic carbocycles. The molecule has 3 heteroatoms. The molecule has 1 atom stereocenters. The molecule has 26 heavy (non-hydrogen) atoms. The minimum absolute atomic E-state index is 0.0205. The molecule has 0 aromatic heterocycles. The zero-order valence-electron chi connectivity index (χ0n) is 16.3. The summed E-state index contributed by atoms with van der Waals surface area (Å²) in [6.07, 6.45) is 4.53. The first-order valence-corrected chi connectivity index (χ1v) is 11.4. The van der Waals surface area contributed by atoms with Gasteiger partial charge in [0.25, 0.3) is 8.32 Å². The maximum Gasteiger partial charge on any atom is 0.261 e. The van der Waals surface area contributed by atoms with E-state index in [1.54, 1.807) is 0 Å². The molecule has 0 heterocycles. The smallest absolute Gasteiger partial charge is 0.261 e. The average molecular weight is 369 g/mol. The molecular weight excluding hydrogens is 336 g/mol. The summed E-state index contributed by atoms with van der Waals surface area (Å²) in [6, 6.07) is 21.3. The Labute approximate surface area is 159 Å². The van der Waals surface area contributed by atoms with Gasteiger partial charge in [-0.1, -0.05) is 87.5 Å². The second kappa shape index (κ2) is 9.31. The molecule has 2 nitrogen and oxygen atoms in total. The van der Waals surface area contributed by atoms with Crippen LogP contribution in [0, 0.1) is 0 Å². The summed E-state index contributed by atoms with van der Waals surface area (Å²) in [5.41, 5.74) is 0. The second-order valence-corrected chi connectivity index (χ2v) is 12.0. The van der Waals surface area contributed by atoms with E-state index in [-0.39, 0.29) is 17.7 Å². The summed E-state index contributed by atoms with van der Waals surface area (Å²) < 4.78 is 7.01. The van der Waals surface area contributed by atoms with Crippen LogP contribution in [-0.4, -0.2) is 26.1 Å². The van der Waals surface area contributed by atoms with E-state index in [1.807, 2.05) is 6.08 Å². The van der Waals surface area contributed by atoms with Crippen LogP contribution in [0.2, 0.25) is 5.04 Å². The molecule has 0 saturated heterocycles. The van der Waals surface area contributed by atoms with Crippen molar-refractivity contribution in [2.75, 3.05) is 6.61 Å². The largest absolute Gasteiger partial charge is 0.401 e. The van der Waals surface area contributed by atoms with Crippen molar-refractivity contribution in [2.24, 2.45) is 0 Å². The highest BCUT2D eigenvalue weighted by molar-refractivity contribution is 6.99. The van der Waals surface area contributed by atoms with Crippen molar-refractivity contribution < 1.29 is 9.53 Å². The zero-order valence-corrected chi connectivity index (χ0v) is 17.3. The van der Waals surface area contributed by atoms with Crippen molar-refractivity contribution >= 4 is 18.7 Å². The third-order valence-electron chi connectivity index (χ3n) is 4.90. The fraction of sp³-hybridized carbons (Fsp3) is 0.391. The van der Waals surface area contributed by atoms with Gasteiger partial charge in [0.1, 0.15) is 0 Å². The van der Waals surface area contributed by atoms with Gasteiger partial charge in [0.2, 0.25) is 0 Å². The van der Waals surface area contributed by atoms with Crippen molar-refractivity contribution in [1.29, 1.82) is 0 Å². The molecular formula is C23H32O2Si. The van der Waals surface area contributed by atoms with Gasteiger partial charge in [-0.05, 0) is 34.7 Å². The lowest BCUT2D eigenvalue weighted by molar-refractivity contribution is 0.210. The molecule has 140 valence electrons. The van der Waals surface area contributed by atoms with Crippen LogP contribution in [0.5, 0.6) is 0 Å². The lowest BCUT2D eigenvalue weighted by Crippen LogP contribution is -2.67. The van der Waals surface area contributed by atoms with Crippen LogP contribution in [0.1, 0.15) is 40.0 Å². The number of hydrogen-bond acceptors (Lipinski definition) is 2. The van der Waals surface area contributed by atoms with Gasteiger partial charge < -0.3 is 9.53 Å². The minimum atomic E-state index is -2.53. The van der Waals surface area contributed by atoms with E-state index >= 15 is 0 Å². The SMILES string of the molecule is C=C[C@@H](CCCCO)O[Si](c1ccccc1)(c1ccccc1)C(C)(C)C. The van der Waals surface area contributed by atoms with Crippen LogP contribution in [0.15, 0.2) is 73.3 Å². The maximum absolute atomic E-state index is 9.11. The Kier molecular flexibility index (Phi) is 7.39. The summed E-state index contributed by atoms with van der Waals surface area (Å²) in [5, 5.41) is 11.6. The molecule has 0 aliphatic heterocycles. The van der Waals surface area contributed by atoms with Gasteiger partial charge in [0.15, 0.2) is 0 Å². The van der Waals surface area contributed by atoms with Gasteiger partial charge in [0.05, 0.1) is 6.10 Å². The van der Waals surface area contributed by atoms with Crippen LogP contribution in [0.3, 0.4) is 0 Å². The Morgan fingerprint density at radius 3 is 1.85 bits per heavy atom. The molecule has 1 N–H and O–H groups in total. The van der Waals surface area contributed by atoms with Gasteiger partial charge in [-0.15, -0.1) is 6.58 Å². The van der Waals surface area contributed by atoms with Crippen molar-refractivity contribution in [2.45, 2.75) is 51.2 Å². The monoisotopic (exact) mass is 368 g/mol. The lowest BCUT2D eigenvalue weighted by atomic mass is 10.1. The third-order valence-corrected chi connectivity index (χ3v) is 9.97. The van der Waals surface area contributed by atoms with E-state index in [1.165, 1.54) is 10.4 Å². The predicted octanol–water partition coefficient (Wildman–Crippen LogP) is 4.28. The number of rotatable bonds is 9. The van der Waals surface area contributed by atoms with Gasteiger partial charge in [0, 0.05) is 6.61 Å². The zero-order chi connectivity index (χ0) is 19.0. The number of hydrogen-bond donors (Lipinski definition) is 1. The Morgan fingerprint density at radius 1 is 0.962 bits per heavy atom. The molecule has 0 bridgehead atoms. The molecule has 2 rings (SSSR count). The molecule has 0 spiro atoms. The van der Waals surface area contributed by atoms with E-state index in [0.717, 1.165) is 19.3 Å². The predicted molar refractivity (Wildman–Crippen MR) is 114 cm³/mol. The Hall–Kier alpha value is -1.68. The molecule has 0 saturated carbocycles. The van der Waals surface area contributed by atoms with E-state index in [4.69, 9.17) is 9.53 Å². The van der Waals surface area contributed by atoms with E-state index < -0.39 is 8.32 Å². The highest BCUT2D eigenvalue weighted by Gasteiger charge is 2.51. The fourth-order valence-electron chi connectivity index (χ4n) is 3.60. The van der Waals surface area contributed by atoms with Crippen LogP contribution in [0.4, 0.5) is 0 Å². The number of unbranched alkanes of at least 4 members (excludes halogenated alkanes) is 1. The van der Waals surface area contributed by atoms with Crippen LogP contribution < -0.4 is 10.4 Å². The summed E-state index contributed by atoms with van der Waals surface area (Å²) in [4.78, 5) is 0. The molecule has 2 aromatic rings. The second-order valence-electron chi connectivity index (χ2n) is 7.77. The molecule has 0 aliphatic rings. The first-order chi connectivity index (χ1) is 12.5. The number of aliphatic hydroxyl groups excluding tert-OH is 1. The molecule has 0 radical (unpaired) electrons. The quantitative estimate of drug-likeness (QED) is 0.407. The highest BCUT2D eigenvalue weighted by atomic mass is 28.4. The maximum atomic E-state index is 9.11. The topological polar surface area (TPSA) is 29.5 Å². The fourth-order valence-corrected chi connectivity index (χ4v) is 8.28. The van der Waals surface area contributed by atoms with Crippen molar-refractivity contribution in [3.8, 4) is 0 Å². The van der Waals surface area contributed by atoms with Crippen molar-refractivity contribution in [3.05, 3.63) is 73.3 Å². The molecule has 0 fully saturated rings. The summed E-state index contributed by atoms with van der Waals surface area (Å²) >= 11 is 0. The minimum Gasteiger partial charge on any atom is -0.401 e. The van der Waals surface area contributed by atoms with E-state index in [9.17, 15) is 0 Å².